The molecule has 72 valence electrons. The van der Waals surface area contributed by atoms with Gasteiger partial charge in [-0.1, -0.05) is 18.1 Å². The van der Waals surface area contributed by atoms with Crippen LogP contribution in [0.4, 0.5) is 0 Å². The Hall–Kier alpha value is -1.95. The third-order valence-corrected chi connectivity index (χ3v) is 1.74. The number of aryl methyl sites for hydroxylation is 1. The van der Waals surface area contributed by atoms with Crippen molar-refractivity contribution in [2.75, 3.05) is 6.61 Å². The molecule has 1 N–H and O–H groups in total. The van der Waals surface area contributed by atoms with Gasteiger partial charge in [-0.2, -0.15) is 0 Å². The van der Waals surface area contributed by atoms with Crippen LogP contribution in [0.2, 0.25) is 0 Å². The van der Waals surface area contributed by atoms with Crippen molar-refractivity contribution >= 4 is 5.97 Å². The van der Waals surface area contributed by atoms with E-state index in [1.54, 1.807) is 19.1 Å². The van der Waals surface area contributed by atoms with Gasteiger partial charge in [-0.3, -0.25) is 0 Å². The molecule has 3 nitrogen and oxygen atoms in total. The maximum Gasteiger partial charge on any atom is 0.339 e. The van der Waals surface area contributed by atoms with Crippen molar-refractivity contribution in [1.82, 2.24) is 0 Å². The average Bonchev–Trinajstić information content (AvgIpc) is 2.15. The zero-order chi connectivity index (χ0) is 10.6. The molecule has 0 unspecified atom stereocenters. The zero-order valence-electron chi connectivity index (χ0n) is 7.78. The molecule has 1 rings (SSSR count). The largest absolute Gasteiger partial charge is 0.480 e. The Morgan fingerprint density at radius 1 is 1.64 bits per heavy atom. The number of ether oxygens (including phenoxy) is 1. The van der Waals surface area contributed by atoms with E-state index in [0.29, 0.717) is 5.75 Å². The van der Waals surface area contributed by atoms with Gasteiger partial charge in [0.25, 0.3) is 0 Å². The highest BCUT2D eigenvalue weighted by Gasteiger charge is 2.12. The summed E-state index contributed by atoms with van der Waals surface area (Å²) in [5, 5.41) is 8.86. The van der Waals surface area contributed by atoms with Gasteiger partial charge in [0.15, 0.2) is 0 Å². The molecular formula is C11H10O3. The van der Waals surface area contributed by atoms with Crippen LogP contribution in [0.5, 0.6) is 5.75 Å². The Morgan fingerprint density at radius 2 is 2.36 bits per heavy atom. The van der Waals surface area contributed by atoms with Crippen molar-refractivity contribution in [3.63, 3.8) is 0 Å². The third-order valence-electron chi connectivity index (χ3n) is 1.74. The van der Waals surface area contributed by atoms with Crippen LogP contribution in [-0.2, 0) is 0 Å². The lowest BCUT2D eigenvalue weighted by Crippen LogP contribution is -2.04. The van der Waals surface area contributed by atoms with Crippen molar-refractivity contribution in [1.29, 1.82) is 0 Å². The Kier molecular flexibility index (Phi) is 3.14. The molecule has 0 spiro atoms. The summed E-state index contributed by atoms with van der Waals surface area (Å²) in [4.78, 5) is 10.8. The molecule has 1 aromatic rings. The molecule has 0 saturated carbocycles. The normalized spacial score (nSPS) is 9.14. The molecule has 0 aliphatic rings. The minimum atomic E-state index is -1.01. The number of benzene rings is 1. The molecule has 0 fully saturated rings. The van der Waals surface area contributed by atoms with E-state index in [9.17, 15) is 4.79 Å². The van der Waals surface area contributed by atoms with Crippen molar-refractivity contribution in [3.05, 3.63) is 29.3 Å². The predicted octanol–water partition coefficient (Wildman–Crippen LogP) is 1.71. The Labute approximate surface area is 82.3 Å². The van der Waals surface area contributed by atoms with E-state index in [1.807, 2.05) is 0 Å². The standard InChI is InChI=1S/C11H10O3/c1-3-7-14-10-8(2)5-4-6-9(10)11(12)13/h1,4-6H,7H2,2H3,(H,12,13). The van der Waals surface area contributed by atoms with Crippen LogP contribution in [0, 0.1) is 19.3 Å². The molecule has 0 amide bonds. The summed E-state index contributed by atoms with van der Waals surface area (Å²) in [6, 6.07) is 4.93. The lowest BCUT2D eigenvalue weighted by molar-refractivity contribution is 0.0692. The second-order valence-electron chi connectivity index (χ2n) is 2.75. The number of para-hydroxylation sites is 1. The first-order valence-corrected chi connectivity index (χ1v) is 4.06. The summed E-state index contributed by atoms with van der Waals surface area (Å²) in [6.07, 6.45) is 5.03. The number of hydrogen-bond donors (Lipinski definition) is 1. The van der Waals surface area contributed by atoms with Crippen LogP contribution in [0.15, 0.2) is 18.2 Å². The van der Waals surface area contributed by atoms with Gasteiger partial charge in [-0.05, 0) is 18.6 Å². The Morgan fingerprint density at radius 3 is 2.93 bits per heavy atom. The molecule has 0 aromatic heterocycles. The van der Waals surface area contributed by atoms with E-state index in [-0.39, 0.29) is 12.2 Å². The fourth-order valence-electron chi connectivity index (χ4n) is 1.13. The van der Waals surface area contributed by atoms with Crippen LogP contribution >= 0.6 is 0 Å². The van der Waals surface area contributed by atoms with Crippen molar-refractivity contribution in [2.24, 2.45) is 0 Å². The molecule has 0 bridgehead atoms. The molecule has 14 heavy (non-hydrogen) atoms. The maximum absolute atomic E-state index is 10.8. The third kappa shape index (κ3) is 2.05. The van der Waals surface area contributed by atoms with Gasteiger partial charge in [0.05, 0.1) is 0 Å². The fraction of sp³-hybridized carbons (Fsp3) is 0.182. The van der Waals surface area contributed by atoms with Crippen LogP contribution in [0.1, 0.15) is 15.9 Å². The summed E-state index contributed by atoms with van der Waals surface area (Å²) < 4.78 is 5.16. The monoisotopic (exact) mass is 190 g/mol. The van der Waals surface area contributed by atoms with E-state index in [2.05, 4.69) is 5.92 Å². The first kappa shape index (κ1) is 10.1. The summed E-state index contributed by atoms with van der Waals surface area (Å²) in [7, 11) is 0. The minimum Gasteiger partial charge on any atom is -0.480 e. The molecular weight excluding hydrogens is 180 g/mol. The Balaban J connectivity index is 3.10. The first-order valence-electron chi connectivity index (χ1n) is 4.06. The summed E-state index contributed by atoms with van der Waals surface area (Å²) in [6.45, 7) is 1.85. The Bertz CT molecular complexity index is 388. The van der Waals surface area contributed by atoms with Crippen molar-refractivity contribution < 1.29 is 14.6 Å². The molecule has 0 saturated heterocycles. The number of carbonyl (C=O) groups is 1. The van der Waals surface area contributed by atoms with Gasteiger partial charge in [0, 0.05) is 0 Å². The highest BCUT2D eigenvalue weighted by molar-refractivity contribution is 5.91. The lowest BCUT2D eigenvalue weighted by Gasteiger charge is -2.08. The van der Waals surface area contributed by atoms with Crippen LogP contribution in [0.25, 0.3) is 0 Å². The smallest absolute Gasteiger partial charge is 0.339 e. The second kappa shape index (κ2) is 4.33. The van der Waals surface area contributed by atoms with E-state index in [4.69, 9.17) is 16.3 Å². The average molecular weight is 190 g/mol. The maximum atomic E-state index is 10.8. The van der Waals surface area contributed by atoms with Gasteiger partial charge < -0.3 is 9.84 Å². The highest BCUT2D eigenvalue weighted by atomic mass is 16.5. The highest BCUT2D eigenvalue weighted by Crippen LogP contribution is 2.23. The molecule has 0 heterocycles. The van der Waals surface area contributed by atoms with E-state index < -0.39 is 5.97 Å². The van der Waals surface area contributed by atoms with Crippen LogP contribution in [0.3, 0.4) is 0 Å². The summed E-state index contributed by atoms with van der Waals surface area (Å²) in [5.41, 5.74) is 0.903. The van der Waals surface area contributed by atoms with Gasteiger partial charge in [0.2, 0.25) is 0 Å². The van der Waals surface area contributed by atoms with Gasteiger partial charge in [-0.15, -0.1) is 6.42 Å². The van der Waals surface area contributed by atoms with Gasteiger partial charge in [-0.25, -0.2) is 4.79 Å². The zero-order valence-corrected chi connectivity index (χ0v) is 7.78. The number of rotatable bonds is 3. The van der Waals surface area contributed by atoms with Crippen LogP contribution in [-0.4, -0.2) is 17.7 Å². The van der Waals surface area contributed by atoms with E-state index in [1.165, 1.54) is 6.07 Å². The van der Waals surface area contributed by atoms with Gasteiger partial charge in [0.1, 0.15) is 17.9 Å². The number of hydrogen-bond acceptors (Lipinski definition) is 2. The molecule has 0 atom stereocenters. The minimum absolute atomic E-state index is 0.0745. The topological polar surface area (TPSA) is 46.5 Å². The summed E-state index contributed by atoms with van der Waals surface area (Å²) >= 11 is 0. The number of carboxylic acid groups (broad SMARTS) is 1. The molecule has 0 aliphatic carbocycles. The molecule has 0 aliphatic heterocycles. The quantitative estimate of drug-likeness (QED) is 0.738. The fourth-order valence-corrected chi connectivity index (χ4v) is 1.13. The number of terminal acetylenes is 1. The SMILES string of the molecule is C#CCOc1c(C)cccc1C(=O)O. The van der Waals surface area contributed by atoms with Gasteiger partial charge >= 0.3 is 5.97 Å². The van der Waals surface area contributed by atoms with E-state index in [0.717, 1.165) is 5.56 Å². The molecule has 1 aromatic carbocycles. The molecule has 0 radical (unpaired) electrons. The number of carboxylic acids is 1. The van der Waals surface area contributed by atoms with Crippen LogP contribution < -0.4 is 4.74 Å². The van der Waals surface area contributed by atoms with Crippen molar-refractivity contribution in [2.45, 2.75) is 6.92 Å². The van der Waals surface area contributed by atoms with Crippen molar-refractivity contribution in [3.8, 4) is 18.1 Å². The molecule has 3 heteroatoms. The number of aromatic carboxylic acids is 1. The lowest BCUT2D eigenvalue weighted by atomic mass is 10.1. The predicted molar refractivity (Wildman–Crippen MR) is 52.5 cm³/mol. The van der Waals surface area contributed by atoms with E-state index >= 15 is 0 Å². The first-order chi connectivity index (χ1) is 6.66. The second-order valence-corrected chi connectivity index (χ2v) is 2.75. The summed E-state index contributed by atoms with van der Waals surface area (Å²) in [5.74, 6) is 1.63.